The Labute approximate surface area is 126 Å². The van der Waals surface area contributed by atoms with E-state index in [4.69, 9.17) is 5.26 Å². The predicted octanol–water partition coefficient (Wildman–Crippen LogP) is 2.58. The molecule has 2 aliphatic rings. The highest BCUT2D eigenvalue weighted by molar-refractivity contribution is 7.89. The van der Waals surface area contributed by atoms with Gasteiger partial charge in [-0.15, -0.1) is 0 Å². The average molecular weight is 304 g/mol. The van der Waals surface area contributed by atoms with Crippen LogP contribution in [0, 0.1) is 36.0 Å². The maximum atomic E-state index is 12.5. The SMILES string of the molecule is Cc1ccc(C#N)cc1S(=O)(=O)NCC1CC2CCC1C2. The van der Waals surface area contributed by atoms with E-state index >= 15 is 0 Å². The van der Waals surface area contributed by atoms with Crippen molar-refractivity contribution in [3.05, 3.63) is 29.3 Å². The Morgan fingerprint density at radius 2 is 2.14 bits per heavy atom. The summed E-state index contributed by atoms with van der Waals surface area (Å²) in [4.78, 5) is 0.227. The molecule has 21 heavy (non-hydrogen) atoms. The Balaban J connectivity index is 1.74. The third kappa shape index (κ3) is 2.83. The van der Waals surface area contributed by atoms with Crippen molar-refractivity contribution >= 4 is 10.0 Å². The number of nitrogens with zero attached hydrogens (tertiary/aromatic N) is 1. The zero-order valence-corrected chi connectivity index (χ0v) is 13.0. The van der Waals surface area contributed by atoms with Gasteiger partial charge in [-0.05, 0) is 61.6 Å². The van der Waals surface area contributed by atoms with Crippen LogP contribution in [0.15, 0.2) is 23.1 Å². The monoisotopic (exact) mass is 304 g/mol. The molecular formula is C16H20N2O2S. The Hall–Kier alpha value is -1.38. The minimum Gasteiger partial charge on any atom is -0.211 e. The molecule has 112 valence electrons. The smallest absolute Gasteiger partial charge is 0.211 e. The van der Waals surface area contributed by atoms with Crippen molar-refractivity contribution in [1.29, 1.82) is 5.26 Å². The molecule has 0 aromatic heterocycles. The molecule has 2 aliphatic carbocycles. The molecule has 2 fully saturated rings. The molecule has 3 unspecified atom stereocenters. The highest BCUT2D eigenvalue weighted by Crippen LogP contribution is 2.48. The molecule has 1 aromatic rings. The first-order valence-electron chi connectivity index (χ1n) is 7.50. The first kappa shape index (κ1) is 14.6. The zero-order valence-electron chi connectivity index (χ0n) is 12.2. The first-order chi connectivity index (χ1) is 9.99. The maximum Gasteiger partial charge on any atom is 0.240 e. The van der Waals surface area contributed by atoms with Crippen LogP contribution in [0.1, 0.15) is 36.8 Å². The summed E-state index contributed by atoms with van der Waals surface area (Å²) >= 11 is 0. The van der Waals surface area contributed by atoms with E-state index in [2.05, 4.69) is 4.72 Å². The average Bonchev–Trinajstić information content (AvgIpc) is 3.08. The molecule has 0 radical (unpaired) electrons. The predicted molar refractivity (Wildman–Crippen MR) is 80.0 cm³/mol. The normalized spacial score (nSPS) is 27.7. The fourth-order valence-electron chi connectivity index (χ4n) is 3.88. The topological polar surface area (TPSA) is 70.0 Å². The summed E-state index contributed by atoms with van der Waals surface area (Å²) in [5.74, 6) is 2.00. The summed E-state index contributed by atoms with van der Waals surface area (Å²) in [5, 5.41) is 8.93. The minimum absolute atomic E-state index is 0.227. The van der Waals surface area contributed by atoms with Crippen LogP contribution in [-0.2, 0) is 10.0 Å². The summed E-state index contributed by atoms with van der Waals surface area (Å²) in [6, 6.07) is 6.78. The lowest BCUT2D eigenvalue weighted by Crippen LogP contribution is -2.32. The Morgan fingerprint density at radius 3 is 2.76 bits per heavy atom. The van der Waals surface area contributed by atoms with E-state index in [1.54, 1.807) is 19.1 Å². The lowest BCUT2D eigenvalue weighted by Gasteiger charge is -2.22. The number of nitriles is 1. The Kier molecular flexibility index (Phi) is 3.76. The molecule has 0 saturated heterocycles. The molecule has 0 spiro atoms. The highest BCUT2D eigenvalue weighted by Gasteiger charge is 2.39. The Bertz CT molecular complexity index is 691. The maximum absolute atomic E-state index is 12.5. The van der Waals surface area contributed by atoms with Crippen LogP contribution in [0.3, 0.4) is 0 Å². The number of sulfonamides is 1. The van der Waals surface area contributed by atoms with Crippen molar-refractivity contribution < 1.29 is 8.42 Å². The van der Waals surface area contributed by atoms with Crippen molar-refractivity contribution in [3.8, 4) is 6.07 Å². The van der Waals surface area contributed by atoms with E-state index in [-0.39, 0.29) is 4.90 Å². The van der Waals surface area contributed by atoms with E-state index in [1.165, 1.54) is 25.3 Å². The van der Waals surface area contributed by atoms with E-state index in [0.717, 1.165) is 12.3 Å². The Morgan fingerprint density at radius 1 is 1.33 bits per heavy atom. The van der Waals surface area contributed by atoms with Gasteiger partial charge in [0.25, 0.3) is 0 Å². The van der Waals surface area contributed by atoms with Crippen LogP contribution in [0.2, 0.25) is 0 Å². The molecule has 5 heteroatoms. The van der Waals surface area contributed by atoms with E-state index in [0.29, 0.717) is 29.5 Å². The summed E-state index contributed by atoms with van der Waals surface area (Å²) in [6.45, 7) is 2.28. The van der Waals surface area contributed by atoms with Crippen molar-refractivity contribution in [2.24, 2.45) is 17.8 Å². The quantitative estimate of drug-likeness (QED) is 0.929. The minimum atomic E-state index is -3.53. The van der Waals surface area contributed by atoms with Crippen LogP contribution in [0.4, 0.5) is 0 Å². The number of hydrogen-bond donors (Lipinski definition) is 1. The number of fused-ring (bicyclic) bond motifs is 2. The molecule has 4 nitrogen and oxygen atoms in total. The van der Waals surface area contributed by atoms with Crippen LogP contribution in [0.25, 0.3) is 0 Å². The molecule has 2 bridgehead atoms. The molecule has 3 rings (SSSR count). The van der Waals surface area contributed by atoms with Gasteiger partial charge in [0.15, 0.2) is 0 Å². The number of benzene rings is 1. The van der Waals surface area contributed by atoms with Crippen molar-refractivity contribution in [3.63, 3.8) is 0 Å². The molecule has 0 aliphatic heterocycles. The van der Waals surface area contributed by atoms with Gasteiger partial charge in [0.1, 0.15) is 0 Å². The largest absolute Gasteiger partial charge is 0.240 e. The summed E-state index contributed by atoms with van der Waals surface area (Å²) in [6.07, 6.45) is 5.00. The second kappa shape index (κ2) is 5.43. The van der Waals surface area contributed by atoms with Crippen molar-refractivity contribution in [2.75, 3.05) is 6.54 Å². The summed E-state index contributed by atoms with van der Waals surface area (Å²) in [7, 11) is -3.53. The lowest BCUT2D eigenvalue weighted by molar-refractivity contribution is 0.333. The van der Waals surface area contributed by atoms with Crippen LogP contribution in [-0.4, -0.2) is 15.0 Å². The van der Waals surface area contributed by atoms with Crippen LogP contribution >= 0.6 is 0 Å². The molecule has 1 N–H and O–H groups in total. The van der Waals surface area contributed by atoms with Gasteiger partial charge in [-0.25, -0.2) is 13.1 Å². The van der Waals surface area contributed by atoms with Crippen molar-refractivity contribution in [2.45, 2.75) is 37.5 Å². The van der Waals surface area contributed by atoms with Gasteiger partial charge in [0.2, 0.25) is 10.0 Å². The second-order valence-electron chi connectivity index (χ2n) is 6.38. The number of aryl methyl sites for hydroxylation is 1. The second-order valence-corrected chi connectivity index (χ2v) is 8.11. The first-order valence-corrected chi connectivity index (χ1v) is 8.98. The number of rotatable bonds is 4. The zero-order chi connectivity index (χ0) is 15.0. The molecular weight excluding hydrogens is 284 g/mol. The van der Waals surface area contributed by atoms with Crippen molar-refractivity contribution in [1.82, 2.24) is 4.72 Å². The standard InChI is InChI=1S/C16H20N2O2S/c1-11-2-3-13(9-17)8-16(11)21(19,20)18-10-15-7-12-4-5-14(15)6-12/h2-3,8,12,14-15,18H,4-7,10H2,1H3. The van der Waals surface area contributed by atoms with E-state index in [1.807, 2.05) is 6.07 Å². The molecule has 0 amide bonds. The van der Waals surface area contributed by atoms with E-state index in [9.17, 15) is 8.42 Å². The highest BCUT2D eigenvalue weighted by atomic mass is 32.2. The van der Waals surface area contributed by atoms with Gasteiger partial charge in [-0.3, -0.25) is 0 Å². The molecule has 0 heterocycles. The van der Waals surface area contributed by atoms with E-state index < -0.39 is 10.0 Å². The molecule has 1 aromatic carbocycles. The third-order valence-corrected chi connectivity index (χ3v) is 6.59. The van der Waals surface area contributed by atoms with Gasteiger partial charge in [-0.1, -0.05) is 12.5 Å². The molecule has 3 atom stereocenters. The van der Waals surface area contributed by atoms with Gasteiger partial charge in [0, 0.05) is 6.54 Å². The fraction of sp³-hybridized carbons (Fsp3) is 0.562. The summed E-state index contributed by atoms with van der Waals surface area (Å²) < 4.78 is 27.7. The third-order valence-electron chi connectivity index (χ3n) is 5.03. The van der Waals surface area contributed by atoms with Crippen LogP contribution < -0.4 is 4.72 Å². The van der Waals surface area contributed by atoms with Gasteiger partial charge < -0.3 is 0 Å². The van der Waals surface area contributed by atoms with Crippen LogP contribution in [0.5, 0.6) is 0 Å². The lowest BCUT2D eigenvalue weighted by atomic mass is 9.89. The number of nitrogens with one attached hydrogen (secondary N) is 1. The summed E-state index contributed by atoms with van der Waals surface area (Å²) in [5.41, 5.74) is 1.05. The fourth-order valence-corrected chi connectivity index (χ4v) is 5.24. The van der Waals surface area contributed by atoms with Gasteiger partial charge in [0.05, 0.1) is 16.5 Å². The number of hydrogen-bond acceptors (Lipinski definition) is 3. The van der Waals surface area contributed by atoms with Gasteiger partial charge >= 0.3 is 0 Å². The van der Waals surface area contributed by atoms with Gasteiger partial charge in [-0.2, -0.15) is 5.26 Å². The molecule has 2 saturated carbocycles.